The summed E-state index contributed by atoms with van der Waals surface area (Å²) in [5.41, 5.74) is 7.10. The van der Waals surface area contributed by atoms with Crippen molar-refractivity contribution in [3.05, 3.63) is 0 Å². The molecule has 0 spiro atoms. The minimum Gasteiger partial charge on any atom is -0.330 e. The highest BCUT2D eigenvalue weighted by molar-refractivity contribution is 5.13. The maximum absolute atomic E-state index is 6.04. The van der Waals surface area contributed by atoms with Gasteiger partial charge in [0.05, 0.1) is 0 Å². The molecule has 2 aliphatic rings. The summed E-state index contributed by atoms with van der Waals surface area (Å²) < 4.78 is 0. The maximum Gasteiger partial charge on any atom is -0.00125 e. The van der Waals surface area contributed by atoms with Crippen LogP contribution in [0.4, 0.5) is 0 Å². The van der Waals surface area contributed by atoms with Gasteiger partial charge < -0.3 is 5.73 Å². The second-order valence-corrected chi connectivity index (χ2v) is 6.55. The lowest BCUT2D eigenvalue weighted by molar-refractivity contribution is 0.159. The van der Waals surface area contributed by atoms with Gasteiger partial charge >= 0.3 is 0 Å². The summed E-state index contributed by atoms with van der Waals surface area (Å²) in [6.07, 6.45) is 8.56. The predicted octanol–water partition coefficient (Wildman–Crippen LogP) is 3.58. The fourth-order valence-electron chi connectivity index (χ4n) is 4.08. The lowest BCUT2D eigenvalue weighted by Crippen LogP contribution is -2.32. The molecule has 88 valence electrons. The standard InChI is InChI=1S/C14H27N/c1-4-11-5-7-12(8-6-11)14(10-15)9-13(14,2)3/h11-12H,4-10,15H2,1-3H3. The zero-order valence-corrected chi connectivity index (χ0v) is 10.7. The fraction of sp³-hybridized carbons (Fsp3) is 1.00. The SMILES string of the molecule is CCC1CCC(C2(CN)CC2(C)C)CC1. The Kier molecular flexibility index (Phi) is 2.87. The number of rotatable bonds is 3. The Bertz CT molecular complexity index is 225. The van der Waals surface area contributed by atoms with E-state index in [-0.39, 0.29) is 0 Å². The summed E-state index contributed by atoms with van der Waals surface area (Å²) in [6, 6.07) is 0. The summed E-state index contributed by atoms with van der Waals surface area (Å²) in [5, 5.41) is 0. The first kappa shape index (κ1) is 11.4. The van der Waals surface area contributed by atoms with Gasteiger partial charge in [-0.25, -0.2) is 0 Å². The number of nitrogens with two attached hydrogens (primary N) is 1. The minimum absolute atomic E-state index is 0.520. The molecule has 0 heterocycles. The van der Waals surface area contributed by atoms with E-state index in [1.165, 1.54) is 38.5 Å². The Morgan fingerprint density at radius 3 is 2.00 bits per heavy atom. The third-order valence-corrected chi connectivity index (χ3v) is 5.55. The Morgan fingerprint density at radius 2 is 1.67 bits per heavy atom. The largest absolute Gasteiger partial charge is 0.330 e. The van der Waals surface area contributed by atoms with Crippen molar-refractivity contribution in [2.45, 2.75) is 59.3 Å². The molecule has 2 fully saturated rings. The molecule has 1 atom stereocenters. The molecule has 0 saturated heterocycles. The van der Waals surface area contributed by atoms with E-state index in [1.807, 2.05) is 0 Å². The van der Waals surface area contributed by atoms with Crippen LogP contribution in [0.25, 0.3) is 0 Å². The van der Waals surface area contributed by atoms with Crippen LogP contribution in [0.3, 0.4) is 0 Å². The maximum atomic E-state index is 6.04. The van der Waals surface area contributed by atoms with Gasteiger partial charge in [-0.15, -0.1) is 0 Å². The van der Waals surface area contributed by atoms with Crippen molar-refractivity contribution >= 4 is 0 Å². The van der Waals surface area contributed by atoms with E-state index in [0.29, 0.717) is 10.8 Å². The van der Waals surface area contributed by atoms with Crippen LogP contribution in [0.2, 0.25) is 0 Å². The van der Waals surface area contributed by atoms with Crippen molar-refractivity contribution in [3.63, 3.8) is 0 Å². The van der Waals surface area contributed by atoms with Crippen LogP contribution >= 0.6 is 0 Å². The highest BCUT2D eigenvalue weighted by atomic mass is 14.8. The molecular formula is C14H27N. The van der Waals surface area contributed by atoms with Gasteiger partial charge in [-0.1, -0.05) is 40.0 Å². The van der Waals surface area contributed by atoms with E-state index in [0.717, 1.165) is 18.4 Å². The van der Waals surface area contributed by atoms with Gasteiger partial charge in [0.1, 0.15) is 0 Å². The van der Waals surface area contributed by atoms with Crippen molar-refractivity contribution in [2.75, 3.05) is 6.54 Å². The van der Waals surface area contributed by atoms with Gasteiger partial charge in [0.2, 0.25) is 0 Å². The molecule has 0 amide bonds. The minimum atomic E-state index is 0.520. The Balaban J connectivity index is 1.96. The van der Waals surface area contributed by atoms with Crippen LogP contribution in [-0.4, -0.2) is 6.54 Å². The topological polar surface area (TPSA) is 26.0 Å². The molecule has 1 heteroatoms. The van der Waals surface area contributed by atoms with Crippen LogP contribution < -0.4 is 5.73 Å². The summed E-state index contributed by atoms with van der Waals surface area (Å²) in [4.78, 5) is 0. The molecule has 1 nitrogen and oxygen atoms in total. The fourth-order valence-corrected chi connectivity index (χ4v) is 4.08. The van der Waals surface area contributed by atoms with Crippen molar-refractivity contribution in [1.29, 1.82) is 0 Å². The van der Waals surface area contributed by atoms with Crippen molar-refractivity contribution in [3.8, 4) is 0 Å². The van der Waals surface area contributed by atoms with Gasteiger partial charge in [0.25, 0.3) is 0 Å². The monoisotopic (exact) mass is 209 g/mol. The summed E-state index contributed by atoms with van der Waals surface area (Å²) in [7, 11) is 0. The molecule has 2 N–H and O–H groups in total. The van der Waals surface area contributed by atoms with Crippen LogP contribution in [0.15, 0.2) is 0 Å². The zero-order chi connectivity index (χ0) is 11.1. The highest BCUT2D eigenvalue weighted by Gasteiger charge is 2.63. The van der Waals surface area contributed by atoms with E-state index >= 15 is 0 Å². The van der Waals surface area contributed by atoms with E-state index in [2.05, 4.69) is 20.8 Å². The lowest BCUT2D eigenvalue weighted by Gasteiger charge is -2.35. The predicted molar refractivity (Wildman–Crippen MR) is 65.6 cm³/mol. The van der Waals surface area contributed by atoms with Crippen LogP contribution in [0.1, 0.15) is 59.3 Å². The number of hydrogen-bond donors (Lipinski definition) is 1. The molecule has 2 saturated carbocycles. The van der Waals surface area contributed by atoms with Gasteiger partial charge in [-0.2, -0.15) is 0 Å². The molecule has 0 aromatic carbocycles. The molecule has 0 bridgehead atoms. The Morgan fingerprint density at radius 1 is 1.13 bits per heavy atom. The Labute approximate surface area is 94.8 Å². The van der Waals surface area contributed by atoms with E-state index in [9.17, 15) is 0 Å². The molecule has 2 aliphatic carbocycles. The quantitative estimate of drug-likeness (QED) is 0.755. The summed E-state index contributed by atoms with van der Waals surface area (Å²) in [5.74, 6) is 1.94. The second-order valence-electron chi connectivity index (χ2n) is 6.55. The third kappa shape index (κ3) is 1.73. The second kappa shape index (κ2) is 3.76. The summed E-state index contributed by atoms with van der Waals surface area (Å²) >= 11 is 0. The van der Waals surface area contributed by atoms with Gasteiger partial charge in [-0.3, -0.25) is 0 Å². The smallest absolute Gasteiger partial charge is 0.00125 e. The average molecular weight is 209 g/mol. The van der Waals surface area contributed by atoms with Crippen LogP contribution in [-0.2, 0) is 0 Å². The van der Waals surface area contributed by atoms with E-state index in [1.54, 1.807) is 0 Å². The zero-order valence-electron chi connectivity index (χ0n) is 10.7. The first-order valence-electron chi connectivity index (χ1n) is 6.76. The molecule has 2 rings (SSSR count). The lowest BCUT2D eigenvalue weighted by atomic mass is 9.71. The van der Waals surface area contributed by atoms with E-state index < -0.39 is 0 Å². The molecule has 0 aromatic heterocycles. The third-order valence-electron chi connectivity index (χ3n) is 5.55. The Hall–Kier alpha value is -0.0400. The highest BCUT2D eigenvalue weighted by Crippen LogP contribution is 2.69. The van der Waals surface area contributed by atoms with Crippen molar-refractivity contribution in [1.82, 2.24) is 0 Å². The normalized spacial score (nSPS) is 44.0. The molecule has 0 aromatic rings. The molecule has 1 unspecified atom stereocenters. The molecular weight excluding hydrogens is 182 g/mol. The summed E-state index contributed by atoms with van der Waals surface area (Å²) in [6.45, 7) is 8.07. The van der Waals surface area contributed by atoms with Crippen LogP contribution in [0, 0.1) is 22.7 Å². The first-order chi connectivity index (χ1) is 7.05. The van der Waals surface area contributed by atoms with Gasteiger partial charge in [0.15, 0.2) is 0 Å². The van der Waals surface area contributed by atoms with Gasteiger partial charge in [0, 0.05) is 0 Å². The molecule has 0 radical (unpaired) electrons. The van der Waals surface area contributed by atoms with Gasteiger partial charge in [-0.05, 0) is 48.5 Å². The van der Waals surface area contributed by atoms with Crippen molar-refractivity contribution < 1.29 is 0 Å². The van der Waals surface area contributed by atoms with E-state index in [4.69, 9.17) is 5.73 Å². The first-order valence-corrected chi connectivity index (χ1v) is 6.76. The average Bonchev–Trinajstić information content (AvgIpc) is 2.82. The van der Waals surface area contributed by atoms with Crippen molar-refractivity contribution in [2.24, 2.45) is 28.4 Å². The molecule has 0 aliphatic heterocycles. The number of hydrogen-bond acceptors (Lipinski definition) is 1. The van der Waals surface area contributed by atoms with Crippen LogP contribution in [0.5, 0.6) is 0 Å². The molecule has 15 heavy (non-hydrogen) atoms.